The Morgan fingerprint density at radius 3 is 1.80 bits per heavy atom. The molecule has 2 aromatic carbocycles. The molecule has 0 radical (unpaired) electrons. The highest BCUT2D eigenvalue weighted by Gasteiger charge is 2.53. The molecule has 3 fully saturated rings. The molecule has 5 aliphatic rings. The van der Waals surface area contributed by atoms with Gasteiger partial charge in [-0.15, -0.1) is 0 Å². The molecular weight excluding hydrogens is 856 g/mol. The average molecular weight is 904 g/mol. The van der Waals surface area contributed by atoms with Crippen LogP contribution >= 0.6 is 0 Å². The highest BCUT2D eigenvalue weighted by Crippen LogP contribution is 2.43. The Morgan fingerprint density at radius 1 is 0.625 bits per heavy atom. The van der Waals surface area contributed by atoms with Gasteiger partial charge in [0, 0.05) is 17.7 Å². The molecule has 3 saturated heterocycles. The van der Waals surface area contributed by atoms with Gasteiger partial charge in [-0.1, -0.05) is 12.1 Å². The zero-order valence-electron chi connectivity index (χ0n) is 33.3. The maximum atomic E-state index is 13.0. The fraction of sp³-hybridized carbons (Fsp3) is 0.429. The largest absolute Gasteiger partial charge is 0.510 e. The Morgan fingerprint density at radius 2 is 1.17 bits per heavy atom. The van der Waals surface area contributed by atoms with E-state index in [9.17, 15) is 70.9 Å². The molecule has 4 aliphatic heterocycles. The Hall–Kier alpha value is -5.28. The molecule has 2 aromatic rings. The van der Waals surface area contributed by atoms with Gasteiger partial charge in [0.15, 0.2) is 35.4 Å². The van der Waals surface area contributed by atoms with E-state index >= 15 is 0 Å². The summed E-state index contributed by atoms with van der Waals surface area (Å²) in [5.74, 6) is -1.74. The minimum atomic E-state index is -2.02. The average Bonchev–Trinajstić information content (AvgIpc) is 3.28. The van der Waals surface area contributed by atoms with Crippen molar-refractivity contribution in [3.63, 3.8) is 0 Å². The number of hydrogen-bond donors (Lipinski definition) is 12. The number of esters is 1. The molecular formula is C42H47O22+. The van der Waals surface area contributed by atoms with Crippen molar-refractivity contribution >= 4 is 12.0 Å². The van der Waals surface area contributed by atoms with Crippen LogP contribution in [0.25, 0.3) is 28.7 Å². The minimum Gasteiger partial charge on any atom is -0.508 e. The van der Waals surface area contributed by atoms with Crippen molar-refractivity contribution in [2.45, 2.75) is 92.1 Å². The summed E-state index contributed by atoms with van der Waals surface area (Å²) in [5.41, 5.74) is 0.0434. The predicted octanol–water partition coefficient (Wildman–Crippen LogP) is -2.76. The zero-order chi connectivity index (χ0) is 46.0. The van der Waals surface area contributed by atoms with E-state index in [1.165, 1.54) is 48.5 Å². The number of rotatable bonds is 13. The van der Waals surface area contributed by atoms with E-state index in [0.29, 0.717) is 5.56 Å². The van der Waals surface area contributed by atoms with Crippen molar-refractivity contribution < 1.29 is 104 Å². The predicted molar refractivity (Wildman–Crippen MR) is 213 cm³/mol. The molecule has 22 nitrogen and oxygen atoms in total. The monoisotopic (exact) mass is 903 g/mol. The summed E-state index contributed by atoms with van der Waals surface area (Å²) in [6, 6.07) is 14.6. The molecule has 4 heterocycles. The maximum Gasteiger partial charge on any atom is 0.510 e. The van der Waals surface area contributed by atoms with Crippen molar-refractivity contribution in [2.24, 2.45) is 0 Å². The second-order valence-electron chi connectivity index (χ2n) is 15.1. The fourth-order valence-electron chi connectivity index (χ4n) is 7.16. The van der Waals surface area contributed by atoms with Crippen LogP contribution in [0.4, 0.5) is 0 Å². The first kappa shape index (κ1) is 46.7. The normalized spacial score (nSPS) is 33.2. The molecule has 0 spiro atoms. The molecule has 346 valence electrons. The topological polar surface area (TPSA) is 359 Å². The first-order valence-corrected chi connectivity index (χ1v) is 19.7. The van der Waals surface area contributed by atoms with E-state index in [1.54, 1.807) is 12.1 Å². The quantitative estimate of drug-likeness (QED) is 0.0367. The van der Waals surface area contributed by atoms with Gasteiger partial charge in [-0.2, -0.15) is 0 Å². The number of hydrogen-bond acceptors (Lipinski definition) is 21. The molecule has 0 bridgehead atoms. The molecule has 1 aliphatic carbocycles. The van der Waals surface area contributed by atoms with Gasteiger partial charge >= 0.3 is 5.97 Å². The highest BCUT2D eigenvalue weighted by atomic mass is 16.8. The molecule has 0 amide bonds. The molecule has 64 heavy (non-hydrogen) atoms. The standard InChI is InChI=1S/C42H46O22/c43-14-26-30(49)33(52)36(55)40(61-26)59-24-12-21(47)11-23-22(24)13-25(38(58-23)18-4-8-20(46)9-5-18)60-42-39(64-41-37(56)34(53)31(50)27(15-44)62-41)35(54)32(51)28(63-42)16-57-29(48)10-3-17-1-6-19(45)7-2-17/h1-13,26-28,30-37,39-46,49-56H,14-16H2/p+1/t26-,27-,28-,30-,31-,32-,33+,34+,35+,36-,37-,39-,40-,41+,42-/m1/s1. The number of aliphatic hydroxyl groups excluding tert-OH is 10. The van der Waals surface area contributed by atoms with Crippen LogP contribution in [0.3, 0.4) is 0 Å². The molecule has 22 heteroatoms. The number of carbonyl (C=O) groups excluding carboxylic acids is 1. The van der Waals surface area contributed by atoms with E-state index in [4.69, 9.17) is 37.6 Å². The van der Waals surface area contributed by atoms with Gasteiger partial charge in [-0.3, -0.25) is 4.79 Å². The summed E-state index contributed by atoms with van der Waals surface area (Å²) in [5, 5.41) is 125. The van der Waals surface area contributed by atoms with Crippen molar-refractivity contribution in [2.75, 3.05) is 19.8 Å². The number of fused-ring (bicyclic) bond motifs is 1. The van der Waals surface area contributed by atoms with Gasteiger partial charge in [0.1, 0.15) is 84.0 Å². The number of aliphatic hydroxyl groups is 10. The second kappa shape index (κ2) is 19.9. The summed E-state index contributed by atoms with van der Waals surface area (Å²) in [7, 11) is 0. The van der Waals surface area contributed by atoms with E-state index in [-0.39, 0.29) is 45.6 Å². The number of phenols is 2. The van der Waals surface area contributed by atoms with Crippen LogP contribution in [-0.4, -0.2) is 184 Å². The summed E-state index contributed by atoms with van der Waals surface area (Å²) < 4.78 is 46.8. The van der Waals surface area contributed by atoms with E-state index in [0.717, 1.165) is 18.2 Å². The molecule has 13 N–H and O–H groups in total. The summed E-state index contributed by atoms with van der Waals surface area (Å²) >= 11 is 0. The Bertz CT molecular complexity index is 2240. The van der Waals surface area contributed by atoms with Crippen LogP contribution < -0.4 is 14.9 Å². The van der Waals surface area contributed by atoms with Gasteiger partial charge < -0.3 is 104 Å². The minimum absolute atomic E-state index is 0.0141. The van der Waals surface area contributed by atoms with Crippen LogP contribution in [0, 0.1) is 0 Å². The van der Waals surface area contributed by atoms with E-state index < -0.39 is 123 Å². The second-order valence-corrected chi connectivity index (χ2v) is 15.1. The zero-order valence-corrected chi connectivity index (χ0v) is 33.3. The lowest BCUT2D eigenvalue weighted by Gasteiger charge is -2.45. The van der Waals surface area contributed by atoms with Gasteiger partial charge in [0.2, 0.25) is 19.2 Å². The third kappa shape index (κ3) is 10.00. The van der Waals surface area contributed by atoms with Crippen molar-refractivity contribution in [1.29, 1.82) is 0 Å². The SMILES string of the molecule is O=c1cc2oc(-c3ccc(O)cc3)c(O[C@@H]3O[C@H](COC(=[OH+])C=Cc4ccc(O)cc4)[C@@H](O)[C@H](O)[C@H]3O[C@@H]3O[C@H](CO)[C@@H](O)[C@H](O)[C@H]3O)cc-2c(O[C@@H]2O[C@H](CO)[C@@H](O)[C@H](O)[C@H]2O)c1. The molecule has 0 aromatic heterocycles. The van der Waals surface area contributed by atoms with E-state index in [1.807, 2.05) is 0 Å². The van der Waals surface area contributed by atoms with Crippen LogP contribution in [0.1, 0.15) is 5.56 Å². The number of aromatic hydroxyl groups is 2. The first-order chi connectivity index (χ1) is 30.6. The Kier molecular flexibility index (Phi) is 14.5. The molecule has 15 atom stereocenters. The third-order valence-corrected chi connectivity index (χ3v) is 10.7. The fourth-order valence-corrected chi connectivity index (χ4v) is 7.16. The summed E-state index contributed by atoms with van der Waals surface area (Å²) in [4.78, 5) is 23.5. The van der Waals surface area contributed by atoms with Crippen LogP contribution in [0.2, 0.25) is 0 Å². The van der Waals surface area contributed by atoms with Gasteiger partial charge in [0.05, 0.1) is 24.9 Å². The van der Waals surface area contributed by atoms with Crippen molar-refractivity contribution in [3.8, 4) is 45.6 Å². The Balaban J connectivity index is 1.26. The van der Waals surface area contributed by atoms with Crippen molar-refractivity contribution in [3.05, 3.63) is 88.6 Å². The number of ether oxygens (including phenoxy) is 7. The van der Waals surface area contributed by atoms with Crippen LogP contribution in [0.5, 0.6) is 23.0 Å². The lowest BCUT2D eigenvalue weighted by molar-refractivity contribution is -0.357. The summed E-state index contributed by atoms with van der Waals surface area (Å²) in [6.07, 6.45) is -24.3. The molecule has 0 saturated carbocycles. The van der Waals surface area contributed by atoms with Crippen molar-refractivity contribution in [1.82, 2.24) is 0 Å². The lowest BCUT2D eigenvalue weighted by Crippen LogP contribution is -2.65. The summed E-state index contributed by atoms with van der Waals surface area (Å²) in [6.45, 7) is -2.28. The molecule has 7 rings (SSSR count). The Labute approximate surface area is 361 Å². The highest BCUT2D eigenvalue weighted by molar-refractivity contribution is 5.88. The molecule has 0 unspecified atom stereocenters. The van der Waals surface area contributed by atoms with E-state index in [2.05, 4.69) is 0 Å². The van der Waals surface area contributed by atoms with Gasteiger partial charge in [-0.05, 0) is 54.1 Å². The first-order valence-electron chi connectivity index (χ1n) is 19.7. The lowest BCUT2D eigenvalue weighted by atomic mass is 9.97. The smallest absolute Gasteiger partial charge is 0.508 e. The van der Waals surface area contributed by atoms with Crippen LogP contribution in [-0.2, 0) is 23.7 Å². The van der Waals surface area contributed by atoms with Crippen LogP contribution in [0.15, 0.2) is 82.0 Å². The third-order valence-electron chi connectivity index (χ3n) is 10.7. The number of benzene rings is 3. The maximum absolute atomic E-state index is 13.0. The number of phenolic OH excluding ortho intramolecular Hbond substituents is 2. The van der Waals surface area contributed by atoms with Gasteiger partial charge in [-0.25, -0.2) is 0 Å². The van der Waals surface area contributed by atoms with Gasteiger partial charge in [0.25, 0.3) is 0 Å².